The highest BCUT2D eigenvalue weighted by Gasteiger charge is 2.32. The van der Waals surface area contributed by atoms with Crippen LogP contribution in [0.5, 0.6) is 0 Å². The minimum Gasteiger partial charge on any atom is -0.467 e. The molecule has 1 fully saturated rings. The van der Waals surface area contributed by atoms with E-state index in [1.165, 1.54) is 6.26 Å². The Hall–Kier alpha value is -1.29. The van der Waals surface area contributed by atoms with Crippen LogP contribution in [-0.2, 0) is 6.54 Å². The molecule has 1 saturated heterocycles. The first-order valence-electron chi connectivity index (χ1n) is 5.73. The third-order valence-corrected chi connectivity index (χ3v) is 3.29. The van der Waals surface area contributed by atoms with E-state index in [9.17, 15) is 4.79 Å². The van der Waals surface area contributed by atoms with Gasteiger partial charge in [0, 0.05) is 12.1 Å². The molecule has 1 aromatic heterocycles. The minimum absolute atomic E-state index is 0.0564. The summed E-state index contributed by atoms with van der Waals surface area (Å²) in [5.74, 6) is 0.712. The van der Waals surface area contributed by atoms with Crippen molar-refractivity contribution in [3.05, 3.63) is 23.7 Å². The van der Waals surface area contributed by atoms with Gasteiger partial charge < -0.3 is 15.1 Å². The van der Waals surface area contributed by atoms with E-state index >= 15 is 0 Å². The summed E-state index contributed by atoms with van der Waals surface area (Å²) in [7, 11) is 0. The van der Waals surface area contributed by atoms with Gasteiger partial charge in [0.05, 0.1) is 12.1 Å². The largest absolute Gasteiger partial charge is 0.467 e. The van der Waals surface area contributed by atoms with E-state index in [0.29, 0.717) is 30.0 Å². The fourth-order valence-electron chi connectivity index (χ4n) is 2.34. The van der Waals surface area contributed by atoms with Gasteiger partial charge in [0.1, 0.15) is 12.0 Å². The van der Waals surface area contributed by atoms with E-state index < -0.39 is 0 Å². The lowest BCUT2D eigenvalue weighted by molar-refractivity contribution is 0.0692. The Balaban J connectivity index is 2.18. The zero-order valence-electron chi connectivity index (χ0n) is 9.77. The quantitative estimate of drug-likeness (QED) is 0.829. The van der Waals surface area contributed by atoms with Crippen molar-refractivity contribution in [3.8, 4) is 0 Å². The van der Waals surface area contributed by atoms with Crippen LogP contribution >= 0.6 is 0 Å². The molecule has 0 radical (unpaired) electrons. The van der Waals surface area contributed by atoms with Gasteiger partial charge in [-0.25, -0.2) is 0 Å². The van der Waals surface area contributed by atoms with Gasteiger partial charge >= 0.3 is 0 Å². The number of carbonyl (C=O) groups is 1. The van der Waals surface area contributed by atoms with Crippen molar-refractivity contribution < 1.29 is 9.21 Å². The average Bonchev–Trinajstić information content (AvgIpc) is 2.85. The van der Waals surface area contributed by atoms with Gasteiger partial charge in [-0.3, -0.25) is 4.79 Å². The summed E-state index contributed by atoms with van der Waals surface area (Å²) < 4.78 is 5.19. The molecule has 1 amide bonds. The first-order valence-corrected chi connectivity index (χ1v) is 5.73. The van der Waals surface area contributed by atoms with Crippen LogP contribution in [0.4, 0.5) is 0 Å². The van der Waals surface area contributed by atoms with Crippen molar-refractivity contribution in [2.75, 3.05) is 0 Å². The zero-order chi connectivity index (χ0) is 11.7. The number of nitrogens with zero attached hydrogens (tertiary/aromatic N) is 1. The first kappa shape index (κ1) is 11.2. The maximum absolute atomic E-state index is 12.2. The van der Waals surface area contributed by atoms with Gasteiger partial charge in [0.2, 0.25) is 0 Å². The Morgan fingerprint density at radius 3 is 2.62 bits per heavy atom. The highest BCUT2D eigenvalue weighted by atomic mass is 16.3. The monoisotopic (exact) mass is 222 g/mol. The number of carbonyl (C=O) groups excluding carboxylic acids is 1. The van der Waals surface area contributed by atoms with Gasteiger partial charge in [-0.05, 0) is 32.8 Å². The molecule has 2 unspecified atom stereocenters. The molecular formula is C12H18N2O2. The van der Waals surface area contributed by atoms with Crippen LogP contribution < -0.4 is 5.73 Å². The van der Waals surface area contributed by atoms with Crippen LogP contribution in [-0.4, -0.2) is 22.9 Å². The molecule has 0 saturated carbocycles. The second-order valence-electron chi connectivity index (χ2n) is 4.49. The molecule has 1 aromatic rings. The number of hydrogen-bond donors (Lipinski definition) is 1. The SMILES string of the molecule is CC1CCC(C)N1C(=O)c1coc(CN)c1. The van der Waals surface area contributed by atoms with Crippen molar-refractivity contribution in [1.82, 2.24) is 4.90 Å². The molecule has 2 rings (SSSR count). The third kappa shape index (κ3) is 1.85. The molecule has 1 aliphatic heterocycles. The van der Waals surface area contributed by atoms with E-state index in [0.717, 1.165) is 12.8 Å². The Morgan fingerprint density at radius 1 is 1.50 bits per heavy atom. The predicted molar refractivity (Wildman–Crippen MR) is 60.9 cm³/mol. The van der Waals surface area contributed by atoms with E-state index in [2.05, 4.69) is 13.8 Å². The molecule has 0 aliphatic carbocycles. The first-order chi connectivity index (χ1) is 7.63. The molecule has 0 spiro atoms. The average molecular weight is 222 g/mol. The summed E-state index contributed by atoms with van der Waals surface area (Å²) in [6, 6.07) is 2.37. The summed E-state index contributed by atoms with van der Waals surface area (Å²) in [6.07, 6.45) is 3.66. The third-order valence-electron chi connectivity index (χ3n) is 3.29. The number of amides is 1. The summed E-state index contributed by atoms with van der Waals surface area (Å²) in [6.45, 7) is 4.51. The van der Waals surface area contributed by atoms with Crippen molar-refractivity contribution in [3.63, 3.8) is 0 Å². The topological polar surface area (TPSA) is 59.5 Å². The van der Waals surface area contributed by atoms with E-state index in [4.69, 9.17) is 10.2 Å². The summed E-state index contributed by atoms with van der Waals surface area (Å²) in [5.41, 5.74) is 6.06. The Morgan fingerprint density at radius 2 is 2.12 bits per heavy atom. The molecule has 2 heterocycles. The fourth-order valence-corrected chi connectivity index (χ4v) is 2.34. The Kier molecular flexibility index (Phi) is 3.01. The molecule has 0 aromatic carbocycles. The van der Waals surface area contributed by atoms with Gasteiger partial charge in [-0.1, -0.05) is 0 Å². The Bertz CT molecular complexity index is 376. The second kappa shape index (κ2) is 4.29. The van der Waals surface area contributed by atoms with Crippen LogP contribution in [0, 0.1) is 0 Å². The number of likely N-dealkylation sites (tertiary alicyclic amines) is 1. The van der Waals surface area contributed by atoms with E-state index in [-0.39, 0.29) is 5.91 Å². The number of hydrogen-bond acceptors (Lipinski definition) is 3. The summed E-state index contributed by atoms with van der Waals surface area (Å²) >= 11 is 0. The molecule has 2 atom stereocenters. The molecule has 4 heteroatoms. The summed E-state index contributed by atoms with van der Waals surface area (Å²) in [4.78, 5) is 14.2. The minimum atomic E-state index is 0.0564. The molecule has 4 nitrogen and oxygen atoms in total. The van der Waals surface area contributed by atoms with Crippen LogP contribution in [0.2, 0.25) is 0 Å². The predicted octanol–water partition coefficient (Wildman–Crippen LogP) is 1.75. The second-order valence-corrected chi connectivity index (χ2v) is 4.49. The number of furan rings is 1. The molecular weight excluding hydrogens is 204 g/mol. The fraction of sp³-hybridized carbons (Fsp3) is 0.583. The molecule has 1 aliphatic rings. The lowest BCUT2D eigenvalue weighted by Gasteiger charge is -2.25. The van der Waals surface area contributed by atoms with E-state index in [1.54, 1.807) is 6.07 Å². The molecule has 2 N–H and O–H groups in total. The highest BCUT2D eigenvalue weighted by Crippen LogP contribution is 2.26. The van der Waals surface area contributed by atoms with Crippen LogP contribution in [0.25, 0.3) is 0 Å². The highest BCUT2D eigenvalue weighted by molar-refractivity contribution is 5.94. The van der Waals surface area contributed by atoms with Crippen molar-refractivity contribution in [2.45, 2.75) is 45.3 Å². The normalized spacial score (nSPS) is 25.1. The van der Waals surface area contributed by atoms with Gasteiger partial charge in [-0.15, -0.1) is 0 Å². The standard InChI is InChI=1S/C12H18N2O2/c1-8-3-4-9(2)14(8)12(15)10-5-11(6-13)16-7-10/h5,7-9H,3-4,6,13H2,1-2H3. The van der Waals surface area contributed by atoms with Crippen LogP contribution in [0.1, 0.15) is 42.8 Å². The van der Waals surface area contributed by atoms with Crippen LogP contribution in [0.15, 0.2) is 16.7 Å². The van der Waals surface area contributed by atoms with Crippen molar-refractivity contribution in [1.29, 1.82) is 0 Å². The summed E-state index contributed by atoms with van der Waals surface area (Å²) in [5, 5.41) is 0. The Labute approximate surface area is 95.4 Å². The van der Waals surface area contributed by atoms with Crippen molar-refractivity contribution >= 4 is 5.91 Å². The lowest BCUT2D eigenvalue weighted by Crippen LogP contribution is -2.38. The molecule has 0 bridgehead atoms. The van der Waals surface area contributed by atoms with Gasteiger partial charge in [0.25, 0.3) is 5.91 Å². The number of rotatable bonds is 2. The maximum Gasteiger partial charge on any atom is 0.257 e. The van der Waals surface area contributed by atoms with Gasteiger partial charge in [0.15, 0.2) is 0 Å². The smallest absolute Gasteiger partial charge is 0.257 e. The van der Waals surface area contributed by atoms with E-state index in [1.807, 2.05) is 4.90 Å². The maximum atomic E-state index is 12.2. The van der Waals surface area contributed by atoms with Crippen LogP contribution in [0.3, 0.4) is 0 Å². The molecule has 88 valence electrons. The zero-order valence-corrected chi connectivity index (χ0v) is 9.77. The van der Waals surface area contributed by atoms with Crippen molar-refractivity contribution in [2.24, 2.45) is 5.73 Å². The molecule has 16 heavy (non-hydrogen) atoms. The van der Waals surface area contributed by atoms with Gasteiger partial charge in [-0.2, -0.15) is 0 Å². The number of nitrogens with two attached hydrogens (primary N) is 1. The lowest BCUT2D eigenvalue weighted by atomic mass is 10.2.